The summed E-state index contributed by atoms with van der Waals surface area (Å²) in [7, 11) is 0. The van der Waals surface area contributed by atoms with Crippen LogP contribution >= 0.6 is 0 Å². The van der Waals surface area contributed by atoms with Crippen molar-refractivity contribution in [3.8, 4) is 0 Å². The molecule has 17 heavy (non-hydrogen) atoms. The topological polar surface area (TPSA) is 26.0 Å². The zero-order valence-electron chi connectivity index (χ0n) is 9.27. The Bertz CT molecular complexity index is 797. The Morgan fingerprint density at radius 3 is 2.71 bits per heavy atom. The van der Waals surface area contributed by atoms with E-state index in [0.717, 1.165) is 5.69 Å². The van der Waals surface area contributed by atoms with Gasteiger partial charge in [0.15, 0.2) is 0 Å². The maximum absolute atomic E-state index is 5.85. The first-order valence-corrected chi connectivity index (χ1v) is 5.76. The molecule has 1 aliphatic rings. The molecule has 0 aliphatic heterocycles. The highest BCUT2D eigenvalue weighted by Gasteiger charge is 2.12. The van der Waals surface area contributed by atoms with Crippen molar-refractivity contribution in [3.63, 3.8) is 0 Å². The van der Waals surface area contributed by atoms with E-state index in [1.165, 1.54) is 32.7 Å². The molecule has 80 valence electrons. The van der Waals surface area contributed by atoms with Gasteiger partial charge in [-0.05, 0) is 50.9 Å². The van der Waals surface area contributed by atoms with Crippen LogP contribution in [0.5, 0.6) is 0 Å². The van der Waals surface area contributed by atoms with Gasteiger partial charge in [-0.1, -0.05) is 36.4 Å². The minimum absolute atomic E-state index is 0.821. The Hall–Kier alpha value is -2.28. The molecular formula is C16H11N. The molecule has 0 unspecified atom stereocenters. The summed E-state index contributed by atoms with van der Waals surface area (Å²) in [5.74, 6) is 0. The highest BCUT2D eigenvalue weighted by Crippen LogP contribution is 2.37. The maximum atomic E-state index is 5.85. The van der Waals surface area contributed by atoms with Gasteiger partial charge >= 0.3 is 0 Å². The monoisotopic (exact) mass is 217 g/mol. The summed E-state index contributed by atoms with van der Waals surface area (Å²) >= 11 is 0. The molecule has 0 atom stereocenters. The second kappa shape index (κ2) is 2.89. The molecule has 1 aliphatic carbocycles. The van der Waals surface area contributed by atoms with E-state index in [2.05, 4.69) is 42.5 Å². The van der Waals surface area contributed by atoms with Crippen LogP contribution in [0.4, 0.5) is 5.69 Å². The fourth-order valence-corrected chi connectivity index (χ4v) is 2.75. The molecule has 3 aromatic carbocycles. The van der Waals surface area contributed by atoms with Crippen LogP contribution in [0.25, 0.3) is 33.7 Å². The van der Waals surface area contributed by atoms with Crippen LogP contribution in [0.2, 0.25) is 0 Å². The van der Waals surface area contributed by atoms with E-state index in [-0.39, 0.29) is 0 Å². The number of anilines is 1. The molecule has 0 saturated heterocycles. The third-order valence-electron chi connectivity index (χ3n) is 3.50. The van der Waals surface area contributed by atoms with Crippen molar-refractivity contribution in [2.24, 2.45) is 0 Å². The minimum atomic E-state index is 0.821. The molecule has 0 amide bonds. The average molecular weight is 217 g/mol. The summed E-state index contributed by atoms with van der Waals surface area (Å²) in [6.45, 7) is 0. The molecule has 0 spiro atoms. The van der Waals surface area contributed by atoms with Crippen molar-refractivity contribution in [3.05, 3.63) is 53.6 Å². The van der Waals surface area contributed by atoms with Crippen molar-refractivity contribution in [1.29, 1.82) is 0 Å². The van der Waals surface area contributed by atoms with E-state index >= 15 is 0 Å². The van der Waals surface area contributed by atoms with E-state index in [1.54, 1.807) is 0 Å². The predicted octanol–water partition coefficient (Wildman–Crippen LogP) is 4.06. The minimum Gasteiger partial charge on any atom is -0.399 e. The summed E-state index contributed by atoms with van der Waals surface area (Å²) in [5, 5.41) is 5.16. The summed E-state index contributed by atoms with van der Waals surface area (Å²) in [6, 6.07) is 14.8. The lowest BCUT2D eigenvalue weighted by atomic mass is 9.97. The smallest absolute Gasteiger partial charge is 0.0320 e. The van der Waals surface area contributed by atoms with Gasteiger partial charge in [0.25, 0.3) is 0 Å². The van der Waals surface area contributed by atoms with Gasteiger partial charge in [0, 0.05) is 5.69 Å². The molecule has 0 bridgehead atoms. The van der Waals surface area contributed by atoms with Gasteiger partial charge in [-0.15, -0.1) is 0 Å². The van der Waals surface area contributed by atoms with Crippen LogP contribution in [0, 0.1) is 0 Å². The third-order valence-corrected chi connectivity index (χ3v) is 3.50. The molecule has 1 heteroatoms. The molecule has 2 N–H and O–H groups in total. The Labute approximate surface area is 99.2 Å². The van der Waals surface area contributed by atoms with E-state index in [0.29, 0.717) is 0 Å². The van der Waals surface area contributed by atoms with Gasteiger partial charge in [-0.3, -0.25) is 0 Å². The van der Waals surface area contributed by atoms with Crippen molar-refractivity contribution < 1.29 is 0 Å². The zero-order chi connectivity index (χ0) is 11.4. The largest absolute Gasteiger partial charge is 0.399 e. The van der Waals surface area contributed by atoms with Gasteiger partial charge in [-0.2, -0.15) is 0 Å². The van der Waals surface area contributed by atoms with E-state index < -0.39 is 0 Å². The Balaban J connectivity index is 2.32. The van der Waals surface area contributed by atoms with Crippen molar-refractivity contribution in [2.45, 2.75) is 0 Å². The van der Waals surface area contributed by atoms with Crippen molar-refractivity contribution >= 4 is 39.4 Å². The number of nitrogen functional groups attached to an aromatic ring is 1. The quantitative estimate of drug-likeness (QED) is 0.349. The van der Waals surface area contributed by atoms with Gasteiger partial charge in [-0.25, -0.2) is 0 Å². The summed E-state index contributed by atoms with van der Waals surface area (Å²) in [5.41, 5.74) is 9.32. The lowest BCUT2D eigenvalue weighted by molar-refractivity contribution is 1.73. The van der Waals surface area contributed by atoms with E-state index in [9.17, 15) is 0 Å². The number of hydrogen-bond donors (Lipinski definition) is 1. The fraction of sp³-hybridized carbons (Fsp3) is 0. The molecule has 4 rings (SSSR count). The first-order chi connectivity index (χ1) is 8.33. The second-order valence-electron chi connectivity index (χ2n) is 4.55. The molecule has 0 fully saturated rings. The van der Waals surface area contributed by atoms with Crippen LogP contribution in [0.15, 0.2) is 42.5 Å². The number of benzene rings is 3. The van der Waals surface area contributed by atoms with Crippen molar-refractivity contribution in [2.75, 3.05) is 5.73 Å². The molecule has 3 aromatic rings. The molecular weight excluding hydrogens is 206 g/mol. The first kappa shape index (κ1) is 8.82. The predicted molar refractivity (Wildman–Crippen MR) is 74.8 cm³/mol. The van der Waals surface area contributed by atoms with Gasteiger partial charge in [0.2, 0.25) is 0 Å². The molecule has 1 nitrogen and oxygen atoms in total. The van der Waals surface area contributed by atoms with Crippen LogP contribution < -0.4 is 5.73 Å². The summed E-state index contributed by atoms with van der Waals surface area (Å²) < 4.78 is 0. The number of rotatable bonds is 0. The van der Waals surface area contributed by atoms with Gasteiger partial charge in [0.05, 0.1) is 0 Å². The summed E-state index contributed by atoms with van der Waals surface area (Å²) in [6.07, 6.45) is 4.39. The van der Waals surface area contributed by atoms with E-state index in [1.807, 2.05) is 12.1 Å². The lowest BCUT2D eigenvalue weighted by Crippen LogP contribution is -1.86. The summed E-state index contributed by atoms with van der Waals surface area (Å²) in [4.78, 5) is 0. The van der Waals surface area contributed by atoms with Gasteiger partial charge < -0.3 is 5.73 Å². The third kappa shape index (κ3) is 1.08. The van der Waals surface area contributed by atoms with Crippen molar-refractivity contribution in [1.82, 2.24) is 0 Å². The molecule has 0 aromatic heterocycles. The highest BCUT2D eigenvalue weighted by atomic mass is 14.5. The van der Waals surface area contributed by atoms with Crippen LogP contribution in [0.1, 0.15) is 11.1 Å². The Morgan fingerprint density at radius 1 is 0.824 bits per heavy atom. The standard InChI is InChI=1S/C16H11N/c17-13-5-7-14-12(9-13)8-11-3-1-2-10-4-6-15(14)16(10)11/h1-9H,17H2. The lowest BCUT2D eigenvalue weighted by Gasteiger charge is -2.07. The molecule has 0 radical (unpaired) electrons. The first-order valence-electron chi connectivity index (χ1n) is 5.76. The van der Waals surface area contributed by atoms with E-state index in [4.69, 9.17) is 5.73 Å². The number of hydrogen-bond acceptors (Lipinski definition) is 1. The molecule has 0 saturated carbocycles. The zero-order valence-corrected chi connectivity index (χ0v) is 9.27. The normalized spacial score (nSPS) is 12.7. The van der Waals surface area contributed by atoms with Crippen LogP contribution in [-0.2, 0) is 0 Å². The molecule has 0 heterocycles. The number of fused-ring (bicyclic) bond motifs is 2. The average Bonchev–Trinajstić information content (AvgIpc) is 2.75. The SMILES string of the molecule is Nc1ccc2c3c4c(cccc4cc2c1)C=C3. The van der Waals surface area contributed by atoms with Crippen LogP contribution in [-0.4, -0.2) is 0 Å². The second-order valence-corrected chi connectivity index (χ2v) is 4.55. The number of nitrogens with two attached hydrogens (primary N) is 1. The fourth-order valence-electron chi connectivity index (χ4n) is 2.75. The van der Waals surface area contributed by atoms with Crippen LogP contribution in [0.3, 0.4) is 0 Å². The van der Waals surface area contributed by atoms with Gasteiger partial charge in [0.1, 0.15) is 0 Å². The maximum Gasteiger partial charge on any atom is 0.0320 e. The Kier molecular flexibility index (Phi) is 1.50. The Morgan fingerprint density at radius 2 is 1.76 bits per heavy atom. The highest BCUT2D eigenvalue weighted by molar-refractivity contribution is 6.15.